The number of piperidine rings is 1. The van der Waals surface area contributed by atoms with Crippen molar-refractivity contribution < 1.29 is 9.31 Å². The van der Waals surface area contributed by atoms with Gasteiger partial charge in [0.1, 0.15) is 5.69 Å². The topological polar surface area (TPSA) is 46.4 Å². The van der Waals surface area contributed by atoms with Crippen LogP contribution in [0.2, 0.25) is 0 Å². The molecule has 1 aliphatic heterocycles. The number of nitro benzene ring substituents is 1. The maximum atomic E-state index is 13.7. The van der Waals surface area contributed by atoms with Crippen molar-refractivity contribution in [1.82, 2.24) is 0 Å². The molecule has 5 heteroatoms. The largest absolute Gasteiger partial charge is 0.363 e. The molecular formula is C14H17FN2O2. The Hall–Kier alpha value is -1.65. The van der Waals surface area contributed by atoms with E-state index in [2.05, 4.69) is 4.90 Å². The smallest absolute Gasteiger partial charge is 0.327 e. The van der Waals surface area contributed by atoms with E-state index in [0.717, 1.165) is 25.5 Å². The first-order chi connectivity index (χ1) is 9.18. The molecule has 2 aliphatic rings. The number of halogens is 1. The fraction of sp³-hybridized carbons (Fsp3) is 0.571. The summed E-state index contributed by atoms with van der Waals surface area (Å²) in [6.07, 6.45) is 5.68. The van der Waals surface area contributed by atoms with Crippen LogP contribution in [0.3, 0.4) is 0 Å². The molecule has 1 heterocycles. The lowest BCUT2D eigenvalue weighted by atomic mass is 9.91. The molecule has 0 N–H and O–H groups in total. The molecule has 19 heavy (non-hydrogen) atoms. The summed E-state index contributed by atoms with van der Waals surface area (Å²) in [6, 6.07) is 4.77. The Labute approximate surface area is 111 Å². The zero-order chi connectivity index (χ0) is 13.4. The van der Waals surface area contributed by atoms with E-state index in [1.165, 1.54) is 19.3 Å². The first kappa shape index (κ1) is 12.4. The van der Waals surface area contributed by atoms with Crippen LogP contribution in [0.15, 0.2) is 18.2 Å². The van der Waals surface area contributed by atoms with Crippen molar-refractivity contribution in [3.8, 4) is 0 Å². The molecule has 0 spiro atoms. The van der Waals surface area contributed by atoms with E-state index < -0.39 is 10.7 Å². The van der Waals surface area contributed by atoms with Crippen molar-refractivity contribution in [1.29, 1.82) is 0 Å². The number of rotatable bonds is 2. The summed E-state index contributed by atoms with van der Waals surface area (Å²) in [4.78, 5) is 12.6. The van der Waals surface area contributed by atoms with E-state index in [9.17, 15) is 14.5 Å². The molecule has 3 rings (SSSR count). The van der Waals surface area contributed by atoms with Crippen LogP contribution in [0.25, 0.3) is 0 Å². The molecule has 1 saturated carbocycles. The Morgan fingerprint density at radius 3 is 2.84 bits per heavy atom. The lowest BCUT2D eigenvalue weighted by molar-refractivity contribution is -0.386. The van der Waals surface area contributed by atoms with Gasteiger partial charge in [-0.1, -0.05) is 12.5 Å². The van der Waals surface area contributed by atoms with Gasteiger partial charge in [-0.25, -0.2) is 0 Å². The van der Waals surface area contributed by atoms with Crippen LogP contribution in [-0.4, -0.2) is 17.5 Å². The Morgan fingerprint density at radius 2 is 2.05 bits per heavy atom. The van der Waals surface area contributed by atoms with Crippen LogP contribution >= 0.6 is 0 Å². The highest BCUT2D eigenvalue weighted by Crippen LogP contribution is 2.42. The van der Waals surface area contributed by atoms with Gasteiger partial charge in [-0.15, -0.1) is 0 Å². The Morgan fingerprint density at radius 1 is 1.26 bits per heavy atom. The van der Waals surface area contributed by atoms with Crippen LogP contribution in [0, 0.1) is 21.8 Å². The Bertz CT molecular complexity index is 506. The van der Waals surface area contributed by atoms with Gasteiger partial charge >= 0.3 is 5.69 Å². The van der Waals surface area contributed by atoms with Crippen molar-refractivity contribution >= 4 is 11.4 Å². The van der Waals surface area contributed by atoms with Gasteiger partial charge in [0.25, 0.3) is 0 Å². The molecule has 2 fully saturated rings. The quantitative estimate of drug-likeness (QED) is 0.606. The summed E-state index contributed by atoms with van der Waals surface area (Å²) in [7, 11) is 0. The molecule has 1 aromatic carbocycles. The highest BCUT2D eigenvalue weighted by molar-refractivity contribution is 5.64. The summed E-state index contributed by atoms with van der Waals surface area (Å²) >= 11 is 0. The van der Waals surface area contributed by atoms with Gasteiger partial charge in [0, 0.05) is 12.6 Å². The molecule has 0 radical (unpaired) electrons. The van der Waals surface area contributed by atoms with Gasteiger partial charge in [0.15, 0.2) is 0 Å². The molecule has 0 aromatic heterocycles. The van der Waals surface area contributed by atoms with Gasteiger partial charge in [-0.2, -0.15) is 4.39 Å². The van der Waals surface area contributed by atoms with E-state index in [-0.39, 0.29) is 5.69 Å². The fourth-order valence-corrected chi connectivity index (χ4v) is 3.67. The second-order valence-corrected chi connectivity index (χ2v) is 5.46. The summed E-state index contributed by atoms with van der Waals surface area (Å²) in [6.45, 7) is 0.797. The lowest BCUT2D eigenvalue weighted by Gasteiger charge is -2.39. The van der Waals surface area contributed by atoms with Crippen LogP contribution in [0.1, 0.15) is 32.1 Å². The molecule has 2 atom stereocenters. The maximum Gasteiger partial charge on any atom is 0.327 e. The Kier molecular flexibility index (Phi) is 3.12. The number of benzene rings is 1. The zero-order valence-corrected chi connectivity index (χ0v) is 10.7. The summed E-state index contributed by atoms with van der Waals surface area (Å²) in [5, 5.41) is 11.1. The van der Waals surface area contributed by atoms with E-state index in [0.29, 0.717) is 17.6 Å². The van der Waals surface area contributed by atoms with Crippen molar-refractivity contribution in [2.45, 2.75) is 38.1 Å². The van der Waals surface area contributed by atoms with Crippen molar-refractivity contribution in [3.63, 3.8) is 0 Å². The molecular weight excluding hydrogens is 247 g/mol. The normalized spacial score (nSPS) is 26.3. The number of fused-ring (bicyclic) bond motifs is 1. The van der Waals surface area contributed by atoms with Gasteiger partial charge in [-0.3, -0.25) is 10.1 Å². The molecule has 0 amide bonds. The zero-order valence-electron chi connectivity index (χ0n) is 10.7. The first-order valence-corrected chi connectivity index (χ1v) is 6.88. The van der Waals surface area contributed by atoms with E-state index >= 15 is 0 Å². The van der Waals surface area contributed by atoms with Crippen LogP contribution < -0.4 is 4.90 Å². The molecule has 1 aliphatic carbocycles. The number of nitro groups is 1. The minimum Gasteiger partial charge on any atom is -0.363 e. The number of hydrogen-bond donors (Lipinski definition) is 0. The number of para-hydroxylation sites is 1. The van der Waals surface area contributed by atoms with E-state index in [1.807, 2.05) is 0 Å². The molecule has 0 bridgehead atoms. The third-order valence-electron chi connectivity index (χ3n) is 4.45. The van der Waals surface area contributed by atoms with Crippen LogP contribution in [0.5, 0.6) is 0 Å². The summed E-state index contributed by atoms with van der Waals surface area (Å²) in [5.41, 5.74) is 0.0941. The third kappa shape index (κ3) is 2.07. The van der Waals surface area contributed by atoms with Gasteiger partial charge < -0.3 is 4.90 Å². The predicted molar refractivity (Wildman–Crippen MR) is 70.8 cm³/mol. The Balaban J connectivity index is 2.01. The fourth-order valence-electron chi connectivity index (χ4n) is 3.67. The van der Waals surface area contributed by atoms with Crippen molar-refractivity contribution in [2.75, 3.05) is 11.4 Å². The number of hydrogen-bond acceptors (Lipinski definition) is 3. The number of nitrogens with zero attached hydrogens (tertiary/aromatic N) is 2. The van der Waals surface area contributed by atoms with Crippen LogP contribution in [0.4, 0.5) is 15.8 Å². The SMILES string of the molecule is O=[N+]([O-])c1c(F)cccc1N1CCCC2CCCC21. The average Bonchev–Trinajstić information content (AvgIpc) is 2.85. The van der Waals surface area contributed by atoms with Gasteiger partial charge in [0.05, 0.1) is 4.92 Å². The standard InChI is InChI=1S/C14H17FN2O2/c15-11-6-2-8-13(14(11)17(18)19)16-9-3-5-10-4-1-7-12(10)16/h2,6,8,10,12H,1,3-5,7,9H2. The highest BCUT2D eigenvalue weighted by atomic mass is 19.1. The van der Waals surface area contributed by atoms with E-state index in [4.69, 9.17) is 0 Å². The monoisotopic (exact) mass is 264 g/mol. The average molecular weight is 264 g/mol. The van der Waals surface area contributed by atoms with Crippen molar-refractivity contribution in [2.24, 2.45) is 5.92 Å². The lowest BCUT2D eigenvalue weighted by Crippen LogP contribution is -2.43. The predicted octanol–water partition coefficient (Wildman–Crippen LogP) is 3.50. The summed E-state index contributed by atoms with van der Waals surface area (Å²) in [5.74, 6) is -0.112. The minimum atomic E-state index is -0.734. The second kappa shape index (κ2) is 4.79. The maximum absolute atomic E-state index is 13.7. The van der Waals surface area contributed by atoms with E-state index in [1.54, 1.807) is 12.1 Å². The highest BCUT2D eigenvalue weighted by Gasteiger charge is 2.38. The molecule has 1 aromatic rings. The van der Waals surface area contributed by atoms with Crippen molar-refractivity contribution in [3.05, 3.63) is 34.1 Å². The summed E-state index contributed by atoms with van der Waals surface area (Å²) < 4.78 is 13.7. The first-order valence-electron chi connectivity index (χ1n) is 6.88. The number of anilines is 1. The molecule has 4 nitrogen and oxygen atoms in total. The van der Waals surface area contributed by atoms with Gasteiger partial charge in [-0.05, 0) is 43.7 Å². The van der Waals surface area contributed by atoms with Crippen LogP contribution in [-0.2, 0) is 0 Å². The third-order valence-corrected chi connectivity index (χ3v) is 4.45. The molecule has 2 unspecified atom stereocenters. The second-order valence-electron chi connectivity index (χ2n) is 5.46. The van der Waals surface area contributed by atoms with Gasteiger partial charge in [0.2, 0.25) is 5.82 Å². The minimum absolute atomic E-state index is 0.356. The molecule has 102 valence electrons. The molecule has 1 saturated heterocycles.